The Morgan fingerprint density at radius 1 is 1.35 bits per heavy atom. The molecule has 3 nitrogen and oxygen atoms in total. The summed E-state index contributed by atoms with van der Waals surface area (Å²) >= 11 is 0. The molecule has 0 saturated carbocycles. The van der Waals surface area contributed by atoms with Crippen molar-refractivity contribution in [3.05, 3.63) is 29.6 Å². The second-order valence-electron chi connectivity index (χ2n) is 4.80. The van der Waals surface area contributed by atoms with E-state index in [1.165, 1.54) is 11.0 Å². The van der Waals surface area contributed by atoms with Gasteiger partial charge >= 0.3 is 6.18 Å². The third kappa shape index (κ3) is 3.24. The van der Waals surface area contributed by atoms with E-state index >= 15 is 0 Å². The van der Waals surface area contributed by atoms with E-state index in [1.54, 1.807) is 0 Å². The van der Waals surface area contributed by atoms with Gasteiger partial charge in [0, 0.05) is 31.7 Å². The molecule has 0 amide bonds. The van der Waals surface area contributed by atoms with Crippen LogP contribution >= 0.6 is 0 Å². The largest absolute Gasteiger partial charge is 0.433 e. The van der Waals surface area contributed by atoms with Gasteiger partial charge in [-0.15, -0.1) is 0 Å². The maximum absolute atomic E-state index is 13.2. The lowest BCUT2D eigenvalue weighted by Gasteiger charge is -2.26. The van der Waals surface area contributed by atoms with Gasteiger partial charge in [0.2, 0.25) is 0 Å². The molecule has 2 heterocycles. The topological polar surface area (TPSA) is 42.1 Å². The Balaban J connectivity index is 2.16. The van der Waals surface area contributed by atoms with Gasteiger partial charge in [0.15, 0.2) is 0 Å². The lowest BCUT2D eigenvalue weighted by atomic mass is 10.1. The first-order valence-corrected chi connectivity index (χ1v) is 6.08. The van der Waals surface area contributed by atoms with E-state index in [4.69, 9.17) is 5.73 Å². The lowest BCUT2D eigenvalue weighted by molar-refractivity contribution is -0.141. The smallest absolute Gasteiger partial charge is 0.329 e. The van der Waals surface area contributed by atoms with Gasteiger partial charge in [-0.25, -0.2) is 8.78 Å². The number of hydrogen-bond donors (Lipinski definition) is 1. The molecular weight excluding hydrogens is 281 g/mol. The Morgan fingerprint density at radius 3 is 2.45 bits per heavy atom. The Kier molecular flexibility index (Phi) is 3.97. The summed E-state index contributed by atoms with van der Waals surface area (Å²) in [6, 6.07) is 1.54. The molecule has 0 radical (unpaired) electrons. The molecule has 1 fully saturated rings. The third-order valence-corrected chi connectivity index (χ3v) is 3.32. The zero-order valence-electron chi connectivity index (χ0n) is 10.5. The molecule has 0 bridgehead atoms. The molecule has 0 spiro atoms. The third-order valence-electron chi connectivity index (χ3n) is 3.32. The first-order valence-electron chi connectivity index (χ1n) is 6.08. The summed E-state index contributed by atoms with van der Waals surface area (Å²) in [5.74, 6) is -2.77. The van der Waals surface area contributed by atoms with Crippen LogP contribution in [0.25, 0.3) is 0 Å². The highest BCUT2D eigenvalue weighted by Crippen LogP contribution is 2.33. The second-order valence-corrected chi connectivity index (χ2v) is 4.80. The summed E-state index contributed by atoms with van der Waals surface area (Å²) in [5.41, 5.74) is 4.97. The van der Waals surface area contributed by atoms with Crippen molar-refractivity contribution in [2.75, 3.05) is 19.6 Å². The predicted octanol–water partition coefficient (Wildman–Crippen LogP) is 2.44. The van der Waals surface area contributed by atoms with Crippen LogP contribution in [-0.4, -0.2) is 35.4 Å². The van der Waals surface area contributed by atoms with E-state index in [1.807, 2.05) is 0 Å². The summed E-state index contributed by atoms with van der Waals surface area (Å²) in [7, 11) is 0. The Bertz CT molecular complexity index is 457. The minimum absolute atomic E-state index is 0.0448. The summed E-state index contributed by atoms with van der Waals surface area (Å²) in [6.07, 6.45) is -3.73. The van der Waals surface area contributed by atoms with Crippen LogP contribution in [0.15, 0.2) is 18.3 Å². The molecule has 0 aliphatic carbocycles. The van der Waals surface area contributed by atoms with E-state index in [0.29, 0.717) is 5.56 Å². The molecule has 1 aromatic heterocycles. The van der Waals surface area contributed by atoms with Gasteiger partial charge in [-0.05, 0) is 11.6 Å². The average molecular weight is 295 g/mol. The van der Waals surface area contributed by atoms with Gasteiger partial charge in [0.05, 0.1) is 6.54 Å². The number of halogens is 5. The van der Waals surface area contributed by atoms with Crippen LogP contribution in [-0.2, 0) is 6.18 Å². The van der Waals surface area contributed by atoms with Crippen LogP contribution < -0.4 is 5.73 Å². The molecule has 1 aliphatic rings. The summed E-state index contributed by atoms with van der Waals surface area (Å²) in [5, 5.41) is 0. The highest BCUT2D eigenvalue weighted by molar-refractivity contribution is 5.20. The van der Waals surface area contributed by atoms with E-state index < -0.39 is 30.4 Å². The summed E-state index contributed by atoms with van der Waals surface area (Å²) in [6.45, 7) is -0.227. The van der Waals surface area contributed by atoms with E-state index in [9.17, 15) is 22.0 Å². The number of rotatable bonds is 3. The quantitative estimate of drug-likeness (QED) is 0.871. The van der Waals surface area contributed by atoms with Crippen molar-refractivity contribution in [2.45, 2.75) is 24.6 Å². The molecule has 8 heteroatoms. The molecule has 112 valence electrons. The SMILES string of the molecule is NCC(c1ccc(C(F)(F)F)nc1)N1CCC(F)(F)C1. The normalized spacial score (nSPS) is 21.1. The fourth-order valence-corrected chi connectivity index (χ4v) is 2.29. The highest BCUT2D eigenvalue weighted by Gasteiger charge is 2.41. The summed E-state index contributed by atoms with van der Waals surface area (Å²) in [4.78, 5) is 4.81. The number of nitrogens with zero attached hydrogens (tertiary/aromatic N) is 2. The van der Waals surface area contributed by atoms with Crippen molar-refractivity contribution in [2.24, 2.45) is 5.73 Å². The van der Waals surface area contributed by atoms with Crippen LogP contribution in [0.1, 0.15) is 23.7 Å². The maximum atomic E-state index is 13.2. The van der Waals surface area contributed by atoms with Crippen LogP contribution in [0.2, 0.25) is 0 Å². The molecule has 2 N–H and O–H groups in total. The fourth-order valence-electron chi connectivity index (χ4n) is 2.29. The van der Waals surface area contributed by atoms with E-state index in [-0.39, 0.29) is 19.5 Å². The van der Waals surface area contributed by atoms with Gasteiger partial charge in [0.1, 0.15) is 5.69 Å². The van der Waals surface area contributed by atoms with Gasteiger partial charge in [-0.2, -0.15) is 13.2 Å². The minimum atomic E-state index is -4.52. The van der Waals surface area contributed by atoms with Gasteiger partial charge in [-0.3, -0.25) is 9.88 Å². The molecule has 0 aromatic carbocycles. The highest BCUT2D eigenvalue weighted by atomic mass is 19.4. The maximum Gasteiger partial charge on any atom is 0.433 e. The number of nitrogens with two attached hydrogens (primary N) is 1. The van der Waals surface area contributed by atoms with Crippen LogP contribution in [0.3, 0.4) is 0 Å². The Labute approximate surface area is 112 Å². The number of alkyl halides is 5. The average Bonchev–Trinajstić information content (AvgIpc) is 2.70. The molecule has 1 aliphatic heterocycles. The number of aromatic nitrogens is 1. The first-order chi connectivity index (χ1) is 9.23. The summed E-state index contributed by atoms with van der Waals surface area (Å²) < 4.78 is 63.6. The van der Waals surface area contributed by atoms with Crippen LogP contribution in [0, 0.1) is 0 Å². The Morgan fingerprint density at radius 2 is 2.05 bits per heavy atom. The van der Waals surface area contributed by atoms with Gasteiger partial charge < -0.3 is 5.73 Å². The van der Waals surface area contributed by atoms with Crippen molar-refractivity contribution >= 4 is 0 Å². The van der Waals surface area contributed by atoms with Gasteiger partial charge in [0.25, 0.3) is 5.92 Å². The van der Waals surface area contributed by atoms with Crippen molar-refractivity contribution in [1.82, 2.24) is 9.88 Å². The van der Waals surface area contributed by atoms with E-state index in [0.717, 1.165) is 12.3 Å². The second kappa shape index (κ2) is 5.25. The number of likely N-dealkylation sites (tertiary alicyclic amines) is 1. The Hall–Kier alpha value is -1.28. The van der Waals surface area contributed by atoms with Crippen molar-refractivity contribution < 1.29 is 22.0 Å². The van der Waals surface area contributed by atoms with Crippen LogP contribution in [0.5, 0.6) is 0 Å². The van der Waals surface area contributed by atoms with Gasteiger partial charge in [-0.1, -0.05) is 6.07 Å². The molecular formula is C12H14F5N3. The van der Waals surface area contributed by atoms with Crippen molar-refractivity contribution in [1.29, 1.82) is 0 Å². The predicted molar refractivity (Wildman–Crippen MR) is 62.2 cm³/mol. The molecule has 1 unspecified atom stereocenters. The first kappa shape index (κ1) is 15.1. The fraction of sp³-hybridized carbons (Fsp3) is 0.583. The van der Waals surface area contributed by atoms with Crippen molar-refractivity contribution in [3.63, 3.8) is 0 Å². The lowest BCUT2D eigenvalue weighted by Crippen LogP contribution is -2.34. The zero-order chi connectivity index (χ0) is 15.0. The molecule has 2 rings (SSSR count). The molecule has 20 heavy (non-hydrogen) atoms. The monoisotopic (exact) mass is 295 g/mol. The number of pyridine rings is 1. The van der Waals surface area contributed by atoms with Crippen LogP contribution in [0.4, 0.5) is 22.0 Å². The molecule has 1 saturated heterocycles. The minimum Gasteiger partial charge on any atom is -0.329 e. The number of hydrogen-bond acceptors (Lipinski definition) is 3. The molecule has 1 atom stereocenters. The standard InChI is InChI=1S/C12H14F5N3/c13-11(14)3-4-20(7-11)9(5-18)8-1-2-10(19-6-8)12(15,16)17/h1-2,6,9H,3-5,7,18H2. The van der Waals surface area contributed by atoms with Crippen molar-refractivity contribution in [3.8, 4) is 0 Å². The zero-order valence-corrected chi connectivity index (χ0v) is 10.5. The van der Waals surface area contributed by atoms with E-state index in [2.05, 4.69) is 4.98 Å². The molecule has 1 aromatic rings.